The fourth-order valence-corrected chi connectivity index (χ4v) is 2.30. The van der Waals surface area contributed by atoms with Gasteiger partial charge in [-0.15, -0.1) is 0 Å². The number of alkyl halides is 3. The molecule has 1 rings (SSSR count). The van der Waals surface area contributed by atoms with Crippen LogP contribution in [0.5, 0.6) is 0 Å². The highest BCUT2D eigenvalue weighted by molar-refractivity contribution is 5.19. The molecule has 0 amide bonds. The van der Waals surface area contributed by atoms with Gasteiger partial charge in [0.2, 0.25) is 0 Å². The lowest BCUT2D eigenvalue weighted by molar-refractivity contribution is -0.174. The maximum Gasteiger partial charge on any atom is 0.411 e. The van der Waals surface area contributed by atoms with Gasteiger partial charge in [0, 0.05) is 12.6 Å². The Labute approximate surface area is 118 Å². The first-order chi connectivity index (χ1) is 9.44. The summed E-state index contributed by atoms with van der Waals surface area (Å²) in [6.07, 6.45) is -2.79. The first kappa shape index (κ1) is 17.0. The zero-order chi connectivity index (χ0) is 15.0. The third-order valence-corrected chi connectivity index (χ3v) is 3.25. The molecule has 2 atom stereocenters. The van der Waals surface area contributed by atoms with Crippen molar-refractivity contribution in [1.82, 2.24) is 5.32 Å². The van der Waals surface area contributed by atoms with E-state index in [-0.39, 0.29) is 12.6 Å². The summed E-state index contributed by atoms with van der Waals surface area (Å²) < 4.78 is 40.4. The number of hydrogen-bond acceptors (Lipinski definition) is 2. The molecule has 1 N–H and O–H groups in total. The third-order valence-electron chi connectivity index (χ3n) is 3.25. The van der Waals surface area contributed by atoms with E-state index in [1.165, 1.54) is 5.56 Å². The Morgan fingerprint density at radius 3 is 2.40 bits per heavy atom. The van der Waals surface area contributed by atoms with Crippen molar-refractivity contribution < 1.29 is 17.9 Å². The summed E-state index contributed by atoms with van der Waals surface area (Å²) in [7, 11) is 1.90. The molecule has 2 nitrogen and oxygen atoms in total. The molecule has 0 aliphatic carbocycles. The second-order valence-corrected chi connectivity index (χ2v) is 4.96. The number of ether oxygens (including phenoxy) is 1. The van der Waals surface area contributed by atoms with E-state index in [1.54, 1.807) is 0 Å². The summed E-state index contributed by atoms with van der Waals surface area (Å²) >= 11 is 0. The van der Waals surface area contributed by atoms with Crippen LogP contribution in [0.25, 0.3) is 0 Å². The normalized spacial score (nSPS) is 15.1. The van der Waals surface area contributed by atoms with Gasteiger partial charge < -0.3 is 10.1 Å². The van der Waals surface area contributed by atoms with E-state index in [4.69, 9.17) is 0 Å². The quantitative estimate of drug-likeness (QED) is 0.732. The number of halogens is 3. The highest BCUT2D eigenvalue weighted by Gasteiger charge is 2.27. The minimum Gasteiger partial charge on any atom is -0.372 e. The first-order valence-electron chi connectivity index (χ1n) is 6.80. The summed E-state index contributed by atoms with van der Waals surface area (Å²) in [6.45, 7) is 1.09. The minimum absolute atomic E-state index is 0.148. The molecule has 0 bridgehead atoms. The van der Waals surface area contributed by atoms with Gasteiger partial charge in [-0.3, -0.25) is 0 Å². The standard InChI is InChI=1S/C15H22F3NO/c1-12(7-6-10-20-11-15(16,17)18)14(19-2)13-8-4-3-5-9-13/h3-5,8-9,12,14,19H,6-7,10-11H2,1-2H3. The van der Waals surface area contributed by atoms with Crippen LogP contribution in [0.1, 0.15) is 31.4 Å². The second-order valence-electron chi connectivity index (χ2n) is 4.96. The van der Waals surface area contributed by atoms with Crippen molar-refractivity contribution in [3.63, 3.8) is 0 Å². The molecule has 20 heavy (non-hydrogen) atoms. The molecular weight excluding hydrogens is 267 g/mol. The van der Waals surface area contributed by atoms with Crippen molar-refractivity contribution in [2.75, 3.05) is 20.3 Å². The van der Waals surface area contributed by atoms with E-state index in [0.29, 0.717) is 12.3 Å². The molecule has 5 heteroatoms. The molecule has 0 spiro atoms. The highest BCUT2D eigenvalue weighted by Crippen LogP contribution is 2.25. The Morgan fingerprint density at radius 1 is 1.20 bits per heavy atom. The number of rotatable bonds is 8. The van der Waals surface area contributed by atoms with Crippen LogP contribution in [0.15, 0.2) is 30.3 Å². The van der Waals surface area contributed by atoms with Crippen LogP contribution < -0.4 is 5.32 Å². The van der Waals surface area contributed by atoms with Gasteiger partial charge in [-0.05, 0) is 31.4 Å². The van der Waals surface area contributed by atoms with Crippen molar-refractivity contribution in [2.24, 2.45) is 5.92 Å². The Hall–Kier alpha value is -1.07. The average molecular weight is 289 g/mol. The maximum absolute atomic E-state index is 11.9. The molecule has 0 radical (unpaired) electrons. The van der Waals surface area contributed by atoms with E-state index in [1.807, 2.05) is 25.2 Å². The molecule has 0 saturated carbocycles. The molecule has 1 aromatic rings. The predicted molar refractivity (Wildman–Crippen MR) is 73.5 cm³/mol. The maximum atomic E-state index is 11.9. The molecule has 2 unspecified atom stereocenters. The summed E-state index contributed by atoms with van der Waals surface area (Å²) in [6, 6.07) is 10.2. The topological polar surface area (TPSA) is 21.3 Å². The summed E-state index contributed by atoms with van der Waals surface area (Å²) in [5.41, 5.74) is 1.19. The van der Waals surface area contributed by atoms with Crippen molar-refractivity contribution in [2.45, 2.75) is 32.0 Å². The van der Waals surface area contributed by atoms with Crippen molar-refractivity contribution in [3.05, 3.63) is 35.9 Å². The second kappa shape index (κ2) is 8.27. The fourth-order valence-electron chi connectivity index (χ4n) is 2.30. The third kappa shape index (κ3) is 6.39. The molecule has 0 aliphatic rings. The number of nitrogens with one attached hydrogen (secondary N) is 1. The van der Waals surface area contributed by atoms with E-state index < -0.39 is 12.8 Å². The van der Waals surface area contributed by atoms with E-state index in [2.05, 4.69) is 29.1 Å². The molecule has 0 fully saturated rings. The number of hydrogen-bond donors (Lipinski definition) is 1. The van der Waals surface area contributed by atoms with Gasteiger partial charge in [-0.25, -0.2) is 0 Å². The SMILES string of the molecule is CNC(c1ccccc1)C(C)CCCOCC(F)(F)F. The summed E-state index contributed by atoms with van der Waals surface area (Å²) in [5, 5.41) is 3.26. The predicted octanol–water partition coefficient (Wildman–Crippen LogP) is 3.94. The Bertz CT molecular complexity index is 367. The van der Waals surface area contributed by atoms with Gasteiger partial charge in [0.25, 0.3) is 0 Å². The smallest absolute Gasteiger partial charge is 0.372 e. The number of benzene rings is 1. The molecule has 0 aromatic heterocycles. The Morgan fingerprint density at radius 2 is 1.85 bits per heavy atom. The molecule has 114 valence electrons. The average Bonchev–Trinajstić information content (AvgIpc) is 2.39. The van der Waals surface area contributed by atoms with E-state index in [9.17, 15) is 13.2 Å². The zero-order valence-corrected chi connectivity index (χ0v) is 11.9. The summed E-state index contributed by atoms with van der Waals surface area (Å²) in [4.78, 5) is 0. The van der Waals surface area contributed by atoms with Gasteiger partial charge >= 0.3 is 6.18 Å². The van der Waals surface area contributed by atoms with Gasteiger partial charge in [-0.1, -0.05) is 37.3 Å². The largest absolute Gasteiger partial charge is 0.411 e. The van der Waals surface area contributed by atoms with E-state index >= 15 is 0 Å². The Kier molecular flexibility index (Phi) is 7.02. The molecule has 0 heterocycles. The molecule has 1 aromatic carbocycles. The van der Waals surface area contributed by atoms with Gasteiger partial charge in [0.15, 0.2) is 0 Å². The molecule has 0 saturated heterocycles. The van der Waals surface area contributed by atoms with Crippen LogP contribution in [0, 0.1) is 5.92 Å². The van der Waals surface area contributed by atoms with Gasteiger partial charge in [0.05, 0.1) is 0 Å². The lowest BCUT2D eigenvalue weighted by Gasteiger charge is -2.24. The van der Waals surface area contributed by atoms with Gasteiger partial charge in [0.1, 0.15) is 6.61 Å². The van der Waals surface area contributed by atoms with Crippen LogP contribution in [0.3, 0.4) is 0 Å². The monoisotopic (exact) mass is 289 g/mol. The minimum atomic E-state index is -4.23. The Balaban J connectivity index is 2.32. The van der Waals surface area contributed by atoms with Crippen LogP contribution in [0.2, 0.25) is 0 Å². The van der Waals surface area contributed by atoms with Crippen molar-refractivity contribution in [3.8, 4) is 0 Å². The lowest BCUT2D eigenvalue weighted by Crippen LogP contribution is -2.24. The van der Waals surface area contributed by atoms with Crippen LogP contribution in [-0.2, 0) is 4.74 Å². The fraction of sp³-hybridized carbons (Fsp3) is 0.600. The van der Waals surface area contributed by atoms with Crippen LogP contribution in [0.4, 0.5) is 13.2 Å². The van der Waals surface area contributed by atoms with Crippen LogP contribution >= 0.6 is 0 Å². The van der Waals surface area contributed by atoms with E-state index in [0.717, 1.165) is 6.42 Å². The van der Waals surface area contributed by atoms with Crippen LogP contribution in [-0.4, -0.2) is 26.4 Å². The molecular formula is C15H22F3NO. The summed E-state index contributed by atoms with van der Waals surface area (Å²) in [5.74, 6) is 0.330. The van der Waals surface area contributed by atoms with Crippen molar-refractivity contribution >= 4 is 0 Å². The highest BCUT2D eigenvalue weighted by atomic mass is 19.4. The molecule has 0 aliphatic heterocycles. The van der Waals surface area contributed by atoms with Gasteiger partial charge in [-0.2, -0.15) is 13.2 Å². The lowest BCUT2D eigenvalue weighted by atomic mass is 9.91. The zero-order valence-electron chi connectivity index (χ0n) is 11.9. The van der Waals surface area contributed by atoms with Crippen molar-refractivity contribution in [1.29, 1.82) is 0 Å². The first-order valence-corrected chi connectivity index (χ1v) is 6.80.